The number of alkyl halides is 3. The Labute approximate surface area is 183 Å². The molecule has 1 heterocycles. The van der Waals surface area contributed by atoms with E-state index in [4.69, 9.17) is 4.84 Å². The van der Waals surface area contributed by atoms with Gasteiger partial charge in [-0.2, -0.15) is 13.2 Å². The Morgan fingerprint density at radius 2 is 1.59 bits per heavy atom. The zero-order chi connectivity index (χ0) is 23.7. The Balaban J connectivity index is 2.28. The lowest BCUT2D eigenvalue weighted by molar-refractivity contribution is -0.162. The van der Waals surface area contributed by atoms with Gasteiger partial charge in [-0.25, -0.2) is 13.2 Å². The van der Waals surface area contributed by atoms with Crippen molar-refractivity contribution < 1.29 is 31.2 Å². The molecule has 6 nitrogen and oxygen atoms in total. The number of rotatable bonds is 6. The largest absolute Gasteiger partial charge is 0.437 e. The predicted octanol–water partition coefficient (Wildman–Crippen LogP) is 4.70. The molecule has 0 N–H and O–H groups in total. The number of halogens is 3. The molecule has 0 aliphatic heterocycles. The molecule has 2 aromatic carbocycles. The van der Waals surface area contributed by atoms with E-state index >= 15 is 0 Å². The molecule has 0 radical (unpaired) electrons. The first-order chi connectivity index (χ1) is 14.9. The first kappa shape index (κ1) is 23.5. The van der Waals surface area contributed by atoms with Crippen LogP contribution in [0.3, 0.4) is 0 Å². The fourth-order valence-electron chi connectivity index (χ4n) is 3.12. The van der Waals surface area contributed by atoms with E-state index in [-0.39, 0.29) is 38.5 Å². The number of aryl methyl sites for hydroxylation is 1. The summed E-state index contributed by atoms with van der Waals surface area (Å²) in [4.78, 5) is 17.1. The van der Waals surface area contributed by atoms with Crippen LogP contribution in [0.25, 0.3) is 22.4 Å². The lowest BCUT2D eigenvalue weighted by Crippen LogP contribution is -2.26. The molecule has 0 bridgehead atoms. The lowest BCUT2D eigenvalue weighted by Gasteiger charge is -2.12. The van der Waals surface area contributed by atoms with Gasteiger partial charge in [-0.05, 0) is 31.0 Å². The Morgan fingerprint density at radius 1 is 1.03 bits per heavy atom. The summed E-state index contributed by atoms with van der Waals surface area (Å²) in [6.07, 6.45) is -3.53. The summed E-state index contributed by atoms with van der Waals surface area (Å²) < 4.78 is 65.9. The molecule has 0 aliphatic rings. The normalized spacial score (nSPS) is 12.1. The van der Waals surface area contributed by atoms with Gasteiger partial charge >= 0.3 is 12.1 Å². The van der Waals surface area contributed by atoms with Gasteiger partial charge in [0.1, 0.15) is 5.69 Å². The minimum atomic E-state index is -4.88. The third kappa shape index (κ3) is 5.01. The minimum absolute atomic E-state index is 0.0167. The van der Waals surface area contributed by atoms with Crippen LogP contribution in [0.1, 0.15) is 31.0 Å². The van der Waals surface area contributed by atoms with E-state index < -0.39 is 27.7 Å². The van der Waals surface area contributed by atoms with E-state index in [1.165, 1.54) is 36.4 Å². The predicted molar refractivity (Wildman–Crippen MR) is 112 cm³/mol. The molecule has 32 heavy (non-hydrogen) atoms. The van der Waals surface area contributed by atoms with Crippen LogP contribution in [0.4, 0.5) is 13.2 Å². The molecule has 0 fully saturated rings. The van der Waals surface area contributed by atoms with Crippen LogP contribution >= 0.6 is 0 Å². The van der Waals surface area contributed by atoms with Crippen LogP contribution in [-0.4, -0.2) is 30.6 Å². The molecular formula is C22H21F3N2O4S. The Morgan fingerprint density at radius 3 is 2.09 bits per heavy atom. The number of aromatic nitrogens is 2. The monoisotopic (exact) mass is 466 g/mol. The smallest absolute Gasteiger partial charge is 0.319 e. The summed E-state index contributed by atoms with van der Waals surface area (Å²) in [6.45, 7) is 3.50. The molecule has 0 unspecified atom stereocenters. The fraction of sp³-hybridized carbons (Fsp3) is 0.273. The molecule has 170 valence electrons. The SMILES string of the molecule is CCCC(=O)On1nc(-c2ccc(S(C)(=O)=O)cc2)c(-c2ccc(C)cc2)c1C(F)(F)F. The molecule has 0 atom stereocenters. The van der Waals surface area contributed by atoms with E-state index in [0.717, 1.165) is 11.8 Å². The quantitative estimate of drug-likeness (QED) is 0.526. The van der Waals surface area contributed by atoms with Crippen LogP contribution in [0.15, 0.2) is 53.4 Å². The molecule has 0 saturated carbocycles. The summed E-state index contributed by atoms with van der Waals surface area (Å²) in [5, 5.41) is 3.96. The topological polar surface area (TPSA) is 78.3 Å². The summed E-state index contributed by atoms with van der Waals surface area (Å²) in [7, 11) is -3.49. The Bertz CT molecular complexity index is 1230. The highest BCUT2D eigenvalue weighted by Crippen LogP contribution is 2.42. The highest BCUT2D eigenvalue weighted by atomic mass is 32.2. The Hall–Kier alpha value is -3.14. The van der Waals surface area contributed by atoms with Crippen molar-refractivity contribution in [3.8, 4) is 22.4 Å². The van der Waals surface area contributed by atoms with E-state index in [9.17, 15) is 26.4 Å². The summed E-state index contributed by atoms with van der Waals surface area (Å²) in [5.74, 6) is -0.852. The van der Waals surface area contributed by atoms with Crippen LogP contribution < -0.4 is 4.84 Å². The van der Waals surface area contributed by atoms with Gasteiger partial charge in [0, 0.05) is 23.8 Å². The van der Waals surface area contributed by atoms with Crippen molar-refractivity contribution >= 4 is 15.8 Å². The maximum Gasteiger partial charge on any atom is 0.437 e. The maximum atomic E-state index is 14.1. The number of carbonyl (C=O) groups is 1. The van der Waals surface area contributed by atoms with E-state index in [1.54, 1.807) is 26.0 Å². The van der Waals surface area contributed by atoms with Crippen molar-refractivity contribution in [2.45, 2.75) is 37.8 Å². The number of nitrogens with zero attached hydrogens (tertiary/aromatic N) is 2. The molecule has 0 amide bonds. The van der Waals surface area contributed by atoms with Crippen LogP contribution in [0, 0.1) is 6.92 Å². The molecule has 1 aromatic heterocycles. The van der Waals surface area contributed by atoms with E-state index in [1.807, 2.05) is 0 Å². The third-order valence-corrected chi connectivity index (χ3v) is 5.79. The van der Waals surface area contributed by atoms with Gasteiger partial charge in [-0.15, -0.1) is 5.10 Å². The summed E-state index contributed by atoms with van der Waals surface area (Å²) in [5.41, 5.74) is -0.276. The molecule has 3 rings (SSSR count). The van der Waals surface area contributed by atoms with Crippen LogP contribution in [-0.2, 0) is 20.8 Å². The maximum absolute atomic E-state index is 14.1. The van der Waals surface area contributed by atoms with Gasteiger partial charge in [0.25, 0.3) is 0 Å². The molecular weight excluding hydrogens is 445 g/mol. The molecule has 0 aliphatic carbocycles. The second kappa shape index (κ2) is 8.78. The van der Waals surface area contributed by atoms with Crippen molar-refractivity contribution in [1.82, 2.24) is 9.94 Å². The lowest BCUT2D eigenvalue weighted by atomic mass is 9.98. The summed E-state index contributed by atoms with van der Waals surface area (Å²) in [6, 6.07) is 11.7. The highest BCUT2D eigenvalue weighted by molar-refractivity contribution is 7.90. The van der Waals surface area contributed by atoms with Gasteiger partial charge in [0.15, 0.2) is 15.5 Å². The molecule has 3 aromatic rings. The average Bonchev–Trinajstić information content (AvgIpc) is 3.07. The first-order valence-electron chi connectivity index (χ1n) is 9.70. The second-order valence-electron chi connectivity index (χ2n) is 7.32. The van der Waals surface area contributed by atoms with Gasteiger partial charge in [0.2, 0.25) is 0 Å². The average molecular weight is 466 g/mol. The molecule has 0 spiro atoms. The van der Waals surface area contributed by atoms with Crippen molar-refractivity contribution in [3.05, 3.63) is 59.8 Å². The highest BCUT2D eigenvalue weighted by Gasteiger charge is 2.42. The molecule has 0 saturated heterocycles. The van der Waals surface area contributed by atoms with Gasteiger partial charge < -0.3 is 4.84 Å². The van der Waals surface area contributed by atoms with Gasteiger partial charge in [-0.1, -0.05) is 53.7 Å². The number of hydrogen-bond acceptors (Lipinski definition) is 5. The van der Waals surface area contributed by atoms with Crippen molar-refractivity contribution in [2.75, 3.05) is 6.26 Å². The van der Waals surface area contributed by atoms with Crippen LogP contribution in [0.2, 0.25) is 0 Å². The minimum Gasteiger partial charge on any atom is -0.319 e. The van der Waals surface area contributed by atoms with Gasteiger partial charge in [0.05, 0.1) is 4.90 Å². The standard InChI is InChI=1S/C22H21F3N2O4S/c1-4-5-18(28)31-27-21(22(23,24)25)19(15-8-6-14(2)7-9-15)20(26-27)16-10-12-17(13-11-16)32(3,29)30/h6-13H,4-5H2,1-3H3. The number of carbonyl (C=O) groups excluding carboxylic acids is 1. The van der Waals surface area contributed by atoms with Crippen molar-refractivity contribution in [3.63, 3.8) is 0 Å². The Kier molecular flexibility index (Phi) is 6.45. The number of hydrogen-bond donors (Lipinski definition) is 0. The van der Waals surface area contributed by atoms with Crippen LogP contribution in [0.5, 0.6) is 0 Å². The molecule has 10 heteroatoms. The van der Waals surface area contributed by atoms with Crippen molar-refractivity contribution in [1.29, 1.82) is 0 Å². The zero-order valence-electron chi connectivity index (χ0n) is 17.6. The zero-order valence-corrected chi connectivity index (χ0v) is 18.4. The summed E-state index contributed by atoms with van der Waals surface area (Å²) >= 11 is 0. The number of benzene rings is 2. The van der Waals surface area contributed by atoms with Gasteiger partial charge in [-0.3, -0.25) is 0 Å². The first-order valence-corrected chi connectivity index (χ1v) is 11.6. The van der Waals surface area contributed by atoms with Crippen molar-refractivity contribution in [2.24, 2.45) is 0 Å². The van der Waals surface area contributed by atoms with E-state index in [0.29, 0.717) is 6.42 Å². The fourth-order valence-corrected chi connectivity index (χ4v) is 3.75. The van der Waals surface area contributed by atoms with E-state index in [2.05, 4.69) is 5.10 Å². The second-order valence-corrected chi connectivity index (χ2v) is 9.33. The third-order valence-electron chi connectivity index (χ3n) is 4.66. The number of sulfone groups is 1.